The highest BCUT2D eigenvalue weighted by Gasteiger charge is 2.34. The second-order valence-electron chi connectivity index (χ2n) is 2.44. The highest BCUT2D eigenvalue weighted by molar-refractivity contribution is 5.39. The first kappa shape index (κ1) is 9.61. The Morgan fingerprint density at radius 2 is 2.23 bits per heavy atom. The maximum Gasteiger partial charge on any atom is 0.434 e. The molecular formula is C8H7F3N2. The maximum atomic E-state index is 12.1. The number of alkyl halides is 3. The van der Waals surface area contributed by atoms with Gasteiger partial charge in [-0.2, -0.15) is 13.2 Å². The second kappa shape index (κ2) is 3.11. The molecule has 0 radical (unpaired) electrons. The van der Waals surface area contributed by atoms with Gasteiger partial charge in [-0.1, -0.05) is 6.58 Å². The molecule has 0 saturated heterocycles. The van der Waals surface area contributed by atoms with Crippen LogP contribution in [0, 0.1) is 0 Å². The van der Waals surface area contributed by atoms with Crippen molar-refractivity contribution in [2.45, 2.75) is 6.18 Å². The Morgan fingerprint density at radius 1 is 1.62 bits per heavy atom. The van der Waals surface area contributed by atoms with E-state index in [4.69, 9.17) is 0 Å². The molecule has 0 atom stereocenters. The predicted octanol–water partition coefficient (Wildman–Crippen LogP) is 2.24. The van der Waals surface area contributed by atoms with E-state index in [1.165, 1.54) is 17.7 Å². The lowest BCUT2D eigenvalue weighted by Crippen LogP contribution is -2.04. The lowest BCUT2D eigenvalue weighted by Gasteiger charge is -1.98. The van der Waals surface area contributed by atoms with E-state index in [1.807, 2.05) is 0 Å². The van der Waals surface area contributed by atoms with Crippen LogP contribution in [0.25, 0.3) is 6.08 Å². The minimum Gasteiger partial charge on any atom is -0.333 e. The summed E-state index contributed by atoms with van der Waals surface area (Å²) in [7, 11) is 1.48. The molecule has 1 rings (SSSR count). The van der Waals surface area contributed by atoms with Gasteiger partial charge in [-0.3, -0.25) is 0 Å². The third-order valence-corrected chi connectivity index (χ3v) is 1.43. The molecule has 1 heterocycles. The van der Waals surface area contributed by atoms with Crippen LogP contribution in [-0.2, 0) is 13.2 Å². The predicted molar refractivity (Wildman–Crippen MR) is 41.8 cm³/mol. The number of hydrogen-bond acceptors (Lipinski definition) is 1. The molecule has 0 unspecified atom stereocenters. The van der Waals surface area contributed by atoms with E-state index >= 15 is 0 Å². The quantitative estimate of drug-likeness (QED) is 0.618. The Morgan fingerprint density at radius 3 is 2.62 bits per heavy atom. The van der Waals surface area contributed by atoms with E-state index < -0.39 is 11.9 Å². The Bertz CT molecular complexity index is 356. The van der Waals surface area contributed by atoms with Gasteiger partial charge in [-0.15, -0.1) is 5.73 Å². The number of aryl methyl sites for hydroxylation is 1. The van der Waals surface area contributed by atoms with Crippen LogP contribution in [0.1, 0.15) is 11.5 Å². The monoisotopic (exact) mass is 188 g/mol. The van der Waals surface area contributed by atoms with Crippen LogP contribution in [0.3, 0.4) is 0 Å². The van der Waals surface area contributed by atoms with E-state index in [0.29, 0.717) is 0 Å². The summed E-state index contributed by atoms with van der Waals surface area (Å²) in [6, 6.07) is 0. The molecule has 0 aromatic carbocycles. The molecule has 0 aliphatic rings. The fraction of sp³-hybridized carbons (Fsp3) is 0.250. The molecule has 0 saturated carbocycles. The van der Waals surface area contributed by atoms with Gasteiger partial charge in [0.05, 0.1) is 0 Å². The van der Waals surface area contributed by atoms with Gasteiger partial charge in [-0.25, -0.2) is 4.98 Å². The Hall–Kier alpha value is -1.48. The van der Waals surface area contributed by atoms with Gasteiger partial charge in [0, 0.05) is 19.3 Å². The Balaban J connectivity index is 3.16. The van der Waals surface area contributed by atoms with E-state index in [0.717, 1.165) is 6.20 Å². The van der Waals surface area contributed by atoms with Crippen molar-refractivity contribution in [3.05, 3.63) is 30.0 Å². The van der Waals surface area contributed by atoms with Crippen molar-refractivity contribution >= 4 is 6.08 Å². The van der Waals surface area contributed by atoms with Crippen LogP contribution in [0.2, 0.25) is 0 Å². The molecule has 2 nitrogen and oxygen atoms in total. The van der Waals surface area contributed by atoms with Crippen molar-refractivity contribution in [3.8, 4) is 0 Å². The van der Waals surface area contributed by atoms with Crippen LogP contribution >= 0.6 is 0 Å². The number of imidazole rings is 1. The number of aromatic nitrogens is 2. The average molecular weight is 188 g/mol. The van der Waals surface area contributed by atoms with Gasteiger partial charge >= 0.3 is 6.18 Å². The summed E-state index contributed by atoms with van der Waals surface area (Å²) >= 11 is 0. The first-order chi connectivity index (χ1) is 5.95. The van der Waals surface area contributed by atoms with E-state index in [1.54, 1.807) is 0 Å². The summed E-state index contributed by atoms with van der Waals surface area (Å²) in [4.78, 5) is 3.35. The zero-order valence-corrected chi connectivity index (χ0v) is 6.89. The van der Waals surface area contributed by atoms with Gasteiger partial charge in [0.1, 0.15) is 5.82 Å². The lowest BCUT2D eigenvalue weighted by atomic mass is 10.5. The fourth-order valence-corrected chi connectivity index (χ4v) is 0.843. The standard InChI is InChI=1S/C8H7F3N2/c1-3-4-7-12-6(5-13(7)2)8(9,10)11/h4-5H,1H2,2H3. The van der Waals surface area contributed by atoms with Gasteiger partial charge in [0.25, 0.3) is 0 Å². The summed E-state index contributed by atoms with van der Waals surface area (Å²) in [5.74, 6) is 0.183. The molecule has 0 aliphatic carbocycles. The molecule has 0 bridgehead atoms. The average Bonchev–Trinajstić information content (AvgIpc) is 2.32. The molecule has 1 aromatic heterocycles. The molecule has 0 aliphatic heterocycles. The van der Waals surface area contributed by atoms with E-state index in [9.17, 15) is 13.2 Å². The summed E-state index contributed by atoms with van der Waals surface area (Å²) < 4.78 is 37.6. The van der Waals surface area contributed by atoms with E-state index in [-0.39, 0.29) is 5.82 Å². The first-order valence-corrected chi connectivity index (χ1v) is 3.41. The van der Waals surface area contributed by atoms with Crippen molar-refractivity contribution in [2.75, 3.05) is 0 Å². The molecular weight excluding hydrogens is 181 g/mol. The van der Waals surface area contributed by atoms with Crippen molar-refractivity contribution < 1.29 is 13.2 Å². The number of rotatable bonds is 1. The minimum atomic E-state index is -4.40. The Kier molecular flexibility index (Phi) is 2.30. The lowest BCUT2D eigenvalue weighted by molar-refractivity contribution is -0.140. The van der Waals surface area contributed by atoms with Crippen LogP contribution in [0.5, 0.6) is 0 Å². The Labute approximate surface area is 73.0 Å². The molecule has 0 amide bonds. The summed E-state index contributed by atoms with van der Waals surface area (Å²) in [5.41, 5.74) is 1.46. The van der Waals surface area contributed by atoms with Gasteiger partial charge in [0.15, 0.2) is 5.69 Å². The summed E-state index contributed by atoms with van der Waals surface area (Å²) in [6.45, 7) is 3.25. The van der Waals surface area contributed by atoms with Gasteiger partial charge in [0.2, 0.25) is 0 Å². The maximum absolute atomic E-state index is 12.1. The molecule has 70 valence electrons. The summed E-state index contributed by atoms with van der Waals surface area (Å²) in [5, 5.41) is 0. The largest absolute Gasteiger partial charge is 0.434 e. The highest BCUT2D eigenvalue weighted by atomic mass is 19.4. The van der Waals surface area contributed by atoms with Crippen LogP contribution in [-0.4, -0.2) is 9.55 Å². The van der Waals surface area contributed by atoms with Crippen molar-refractivity contribution in [2.24, 2.45) is 7.05 Å². The molecule has 13 heavy (non-hydrogen) atoms. The molecule has 0 spiro atoms. The van der Waals surface area contributed by atoms with Crippen LogP contribution in [0.4, 0.5) is 13.2 Å². The highest BCUT2D eigenvalue weighted by Crippen LogP contribution is 2.28. The minimum absolute atomic E-state index is 0.183. The van der Waals surface area contributed by atoms with Gasteiger partial charge in [-0.05, 0) is 0 Å². The van der Waals surface area contributed by atoms with Gasteiger partial charge < -0.3 is 4.57 Å². The third kappa shape index (κ3) is 2.00. The third-order valence-electron chi connectivity index (χ3n) is 1.43. The SMILES string of the molecule is C=C=Cc1nc(C(F)(F)F)cn1C. The molecule has 5 heteroatoms. The van der Waals surface area contributed by atoms with E-state index in [2.05, 4.69) is 17.3 Å². The zero-order valence-electron chi connectivity index (χ0n) is 6.89. The normalized spacial score (nSPS) is 11.1. The summed E-state index contributed by atoms with van der Waals surface area (Å²) in [6.07, 6.45) is -2.19. The zero-order chi connectivity index (χ0) is 10.1. The van der Waals surface area contributed by atoms with Crippen LogP contribution in [0.15, 0.2) is 18.5 Å². The van der Waals surface area contributed by atoms with Crippen LogP contribution < -0.4 is 0 Å². The number of nitrogens with zero attached hydrogens (tertiary/aromatic N) is 2. The van der Waals surface area contributed by atoms with Crippen molar-refractivity contribution in [1.29, 1.82) is 0 Å². The van der Waals surface area contributed by atoms with Crippen molar-refractivity contribution in [3.63, 3.8) is 0 Å². The number of halogens is 3. The topological polar surface area (TPSA) is 17.8 Å². The van der Waals surface area contributed by atoms with Crippen molar-refractivity contribution in [1.82, 2.24) is 9.55 Å². The smallest absolute Gasteiger partial charge is 0.333 e. The molecule has 0 N–H and O–H groups in total. The number of hydrogen-bond donors (Lipinski definition) is 0. The fourth-order valence-electron chi connectivity index (χ4n) is 0.843. The molecule has 0 fully saturated rings. The molecule has 1 aromatic rings. The second-order valence-corrected chi connectivity index (χ2v) is 2.44. The first-order valence-electron chi connectivity index (χ1n) is 3.41.